The highest BCUT2D eigenvalue weighted by molar-refractivity contribution is 6.04. The molecule has 6 nitrogen and oxygen atoms in total. The quantitative estimate of drug-likeness (QED) is 0.570. The molecule has 0 atom stereocenters. The second kappa shape index (κ2) is 9.36. The minimum absolute atomic E-state index is 0.336. The molecular weight excluding hydrogens is 405 g/mol. The van der Waals surface area contributed by atoms with Crippen LogP contribution in [0.1, 0.15) is 18.2 Å². The molecule has 0 unspecified atom stereocenters. The van der Waals surface area contributed by atoms with E-state index in [1.54, 1.807) is 25.1 Å². The Hall–Kier alpha value is -3.45. The van der Waals surface area contributed by atoms with Crippen LogP contribution in [0, 0.1) is 5.82 Å². The van der Waals surface area contributed by atoms with Gasteiger partial charge in [-0.3, -0.25) is 5.10 Å². The van der Waals surface area contributed by atoms with Gasteiger partial charge in [-0.1, -0.05) is 24.8 Å². The molecule has 1 aromatic heterocycles. The summed E-state index contributed by atoms with van der Waals surface area (Å²) in [5.41, 5.74) is 4.95. The first kappa shape index (κ1) is 21.8. The van der Waals surface area contributed by atoms with Crippen LogP contribution in [-0.4, -0.2) is 61.1 Å². The van der Waals surface area contributed by atoms with Crippen molar-refractivity contribution in [2.75, 3.05) is 45.2 Å². The highest BCUT2D eigenvalue weighted by atomic mass is 19.1. The van der Waals surface area contributed by atoms with E-state index in [1.165, 1.54) is 18.9 Å². The normalized spacial score (nSPS) is 15.1. The van der Waals surface area contributed by atoms with Crippen molar-refractivity contribution in [2.24, 2.45) is 4.99 Å². The molecular formula is C25H28FN5O. The van der Waals surface area contributed by atoms with Crippen molar-refractivity contribution in [1.82, 2.24) is 15.1 Å². The van der Waals surface area contributed by atoms with Crippen molar-refractivity contribution in [3.63, 3.8) is 0 Å². The Morgan fingerprint density at radius 3 is 2.53 bits per heavy atom. The van der Waals surface area contributed by atoms with E-state index in [9.17, 15) is 4.39 Å². The summed E-state index contributed by atoms with van der Waals surface area (Å²) in [4.78, 5) is 9.46. The van der Waals surface area contributed by atoms with Crippen molar-refractivity contribution in [1.29, 1.82) is 0 Å². The fraction of sp³-hybridized carbons (Fsp3) is 0.280. The van der Waals surface area contributed by atoms with Gasteiger partial charge in [0.1, 0.15) is 22.9 Å². The maximum absolute atomic E-state index is 14.6. The lowest BCUT2D eigenvalue weighted by Crippen LogP contribution is -2.44. The first-order valence-corrected chi connectivity index (χ1v) is 10.6. The molecule has 0 spiro atoms. The lowest BCUT2D eigenvalue weighted by molar-refractivity contribution is 0.313. The van der Waals surface area contributed by atoms with E-state index in [0.29, 0.717) is 34.1 Å². The van der Waals surface area contributed by atoms with Crippen LogP contribution in [0.5, 0.6) is 5.75 Å². The van der Waals surface area contributed by atoms with E-state index in [-0.39, 0.29) is 5.82 Å². The third-order valence-electron chi connectivity index (χ3n) is 5.82. The molecule has 4 rings (SSSR count). The van der Waals surface area contributed by atoms with E-state index in [2.05, 4.69) is 57.9 Å². The number of methoxy groups -OCH3 is 1. The number of ether oxygens (including phenoxy) is 1. The van der Waals surface area contributed by atoms with Crippen molar-refractivity contribution in [2.45, 2.75) is 6.92 Å². The number of halogens is 1. The topological polar surface area (TPSA) is 56.8 Å². The fourth-order valence-electron chi connectivity index (χ4n) is 3.95. The van der Waals surface area contributed by atoms with Gasteiger partial charge in [-0.05, 0) is 44.3 Å². The average Bonchev–Trinajstić information content (AvgIpc) is 3.21. The van der Waals surface area contributed by atoms with Crippen LogP contribution in [-0.2, 0) is 0 Å². The van der Waals surface area contributed by atoms with E-state index >= 15 is 0 Å². The molecule has 0 radical (unpaired) electrons. The molecule has 1 aliphatic rings. The summed E-state index contributed by atoms with van der Waals surface area (Å²) in [5.74, 6) is 0.0558. The van der Waals surface area contributed by atoms with Gasteiger partial charge in [0.25, 0.3) is 0 Å². The van der Waals surface area contributed by atoms with Crippen molar-refractivity contribution in [3.8, 4) is 17.0 Å². The van der Waals surface area contributed by atoms with Gasteiger partial charge in [0, 0.05) is 37.4 Å². The van der Waals surface area contributed by atoms with Crippen LogP contribution < -0.4 is 9.64 Å². The molecule has 166 valence electrons. The number of aliphatic imine (C=N–C) groups is 1. The number of likely N-dealkylation sites (N-methyl/N-ethyl adjacent to an activating group) is 1. The van der Waals surface area contributed by atoms with Crippen LogP contribution in [0.15, 0.2) is 54.0 Å². The second-order valence-electron chi connectivity index (χ2n) is 7.89. The number of hydrogen-bond acceptors (Lipinski definition) is 5. The zero-order valence-electron chi connectivity index (χ0n) is 18.7. The molecule has 0 saturated carbocycles. The highest BCUT2D eigenvalue weighted by Gasteiger charge is 2.18. The van der Waals surface area contributed by atoms with Crippen molar-refractivity contribution >= 4 is 23.2 Å². The zero-order valence-corrected chi connectivity index (χ0v) is 18.7. The van der Waals surface area contributed by atoms with Crippen LogP contribution in [0.25, 0.3) is 17.3 Å². The minimum atomic E-state index is -0.382. The Morgan fingerprint density at radius 1 is 1.16 bits per heavy atom. The maximum atomic E-state index is 14.6. The Balaban J connectivity index is 1.69. The van der Waals surface area contributed by atoms with Crippen LogP contribution in [0.4, 0.5) is 15.8 Å². The third kappa shape index (κ3) is 4.29. The molecule has 0 bridgehead atoms. The molecule has 1 fully saturated rings. The number of aromatic nitrogens is 2. The van der Waals surface area contributed by atoms with Gasteiger partial charge in [-0.2, -0.15) is 5.10 Å². The summed E-state index contributed by atoms with van der Waals surface area (Å²) in [7, 11) is 3.67. The molecule has 0 aliphatic carbocycles. The van der Waals surface area contributed by atoms with Gasteiger partial charge >= 0.3 is 0 Å². The lowest BCUT2D eigenvalue weighted by atomic mass is 10.1. The number of aromatic amines is 1. The van der Waals surface area contributed by atoms with E-state index in [0.717, 1.165) is 31.7 Å². The summed E-state index contributed by atoms with van der Waals surface area (Å²) in [5, 5.41) is 7.46. The Kier molecular flexibility index (Phi) is 6.37. The number of H-pyrrole nitrogens is 1. The molecule has 1 aliphatic heterocycles. The molecule has 2 heterocycles. The summed E-state index contributed by atoms with van der Waals surface area (Å²) in [6.07, 6.45) is 1.67. The van der Waals surface area contributed by atoms with Gasteiger partial charge < -0.3 is 14.5 Å². The largest absolute Gasteiger partial charge is 0.496 e. The number of anilines is 1. The summed E-state index contributed by atoms with van der Waals surface area (Å²) in [6, 6.07) is 13.1. The Bertz CT molecular complexity index is 1130. The highest BCUT2D eigenvalue weighted by Crippen LogP contribution is 2.34. The number of benzene rings is 2. The van der Waals surface area contributed by atoms with Gasteiger partial charge in [0.2, 0.25) is 0 Å². The molecule has 1 N–H and O–H groups in total. The fourth-order valence-corrected chi connectivity index (χ4v) is 3.95. The van der Waals surface area contributed by atoms with Crippen LogP contribution in [0.3, 0.4) is 0 Å². The average molecular weight is 434 g/mol. The maximum Gasteiger partial charge on any atom is 0.135 e. The Labute approximate surface area is 188 Å². The van der Waals surface area contributed by atoms with Crippen LogP contribution >= 0.6 is 0 Å². The summed E-state index contributed by atoms with van der Waals surface area (Å²) in [6.45, 7) is 9.76. The molecule has 3 aromatic rings. The van der Waals surface area contributed by atoms with E-state index in [1.807, 2.05) is 0 Å². The molecule has 2 aromatic carbocycles. The smallest absolute Gasteiger partial charge is 0.135 e. The summed E-state index contributed by atoms with van der Waals surface area (Å²) < 4.78 is 19.9. The third-order valence-corrected chi connectivity index (χ3v) is 5.82. The van der Waals surface area contributed by atoms with Gasteiger partial charge in [-0.15, -0.1) is 0 Å². The number of piperazine rings is 1. The second-order valence-corrected chi connectivity index (χ2v) is 7.89. The SMILES string of the molecule is C=Cc1[nH]nc(-c2ccc(N3CCN(C)CC3)cc2)c1/N=C(\C)c1c(F)cccc1OC. The molecule has 7 heteroatoms. The Morgan fingerprint density at radius 2 is 1.88 bits per heavy atom. The van der Waals surface area contributed by atoms with Gasteiger partial charge in [0.05, 0.1) is 24.1 Å². The van der Waals surface area contributed by atoms with E-state index < -0.39 is 0 Å². The first-order chi connectivity index (χ1) is 15.5. The standard InChI is InChI=1S/C25H28FN5O/c1-5-21-25(27-17(2)23-20(26)7-6-8-22(23)32-4)24(29-28-21)18-9-11-19(12-10-18)31-15-13-30(3)14-16-31/h5-12H,1,13-16H2,2-4H3,(H,28,29)/b27-17+. The number of rotatable bonds is 6. The first-order valence-electron chi connectivity index (χ1n) is 10.6. The lowest BCUT2D eigenvalue weighted by Gasteiger charge is -2.34. The zero-order chi connectivity index (χ0) is 22.7. The summed E-state index contributed by atoms with van der Waals surface area (Å²) >= 11 is 0. The van der Waals surface area contributed by atoms with Gasteiger partial charge in [-0.25, -0.2) is 9.38 Å². The number of nitrogens with zero attached hydrogens (tertiary/aromatic N) is 4. The van der Waals surface area contributed by atoms with E-state index in [4.69, 9.17) is 9.73 Å². The van der Waals surface area contributed by atoms with Crippen LogP contribution in [0.2, 0.25) is 0 Å². The predicted molar refractivity (Wildman–Crippen MR) is 129 cm³/mol. The molecule has 32 heavy (non-hydrogen) atoms. The molecule has 1 saturated heterocycles. The predicted octanol–water partition coefficient (Wildman–Crippen LogP) is 4.76. The minimum Gasteiger partial charge on any atom is -0.496 e. The number of nitrogens with one attached hydrogen (secondary N) is 1. The number of hydrogen-bond donors (Lipinski definition) is 1. The molecule has 0 amide bonds. The van der Waals surface area contributed by atoms with Crippen molar-refractivity contribution in [3.05, 3.63) is 66.1 Å². The monoisotopic (exact) mass is 433 g/mol. The van der Waals surface area contributed by atoms with Gasteiger partial charge in [0.15, 0.2) is 0 Å². The van der Waals surface area contributed by atoms with Crippen molar-refractivity contribution < 1.29 is 9.13 Å².